The van der Waals surface area contributed by atoms with Crippen molar-refractivity contribution in [1.82, 2.24) is 15.2 Å². The van der Waals surface area contributed by atoms with Crippen LogP contribution in [-0.4, -0.2) is 62.7 Å². The van der Waals surface area contributed by atoms with Crippen LogP contribution < -0.4 is 15.0 Å². The van der Waals surface area contributed by atoms with E-state index in [1.807, 2.05) is 30.3 Å². The second-order valence-corrected chi connectivity index (χ2v) is 6.51. The van der Waals surface area contributed by atoms with Gasteiger partial charge in [-0.15, -0.1) is 0 Å². The molecule has 0 radical (unpaired) electrons. The number of carbonyl (C=O) groups excluding carboxylic acids is 1. The van der Waals surface area contributed by atoms with Crippen molar-refractivity contribution in [1.29, 1.82) is 0 Å². The van der Waals surface area contributed by atoms with Crippen molar-refractivity contribution in [2.24, 2.45) is 0 Å². The van der Waals surface area contributed by atoms with Crippen molar-refractivity contribution in [3.05, 3.63) is 53.9 Å². The minimum absolute atomic E-state index is 0.148. The molecule has 1 N–H and O–H groups in total. The lowest BCUT2D eigenvalue weighted by Crippen LogP contribution is -2.44. The maximum Gasteiger partial charge on any atom is 0.269 e. The van der Waals surface area contributed by atoms with Crippen molar-refractivity contribution in [2.75, 3.05) is 51.8 Å². The van der Waals surface area contributed by atoms with Crippen LogP contribution in [0.4, 0.5) is 5.69 Å². The van der Waals surface area contributed by atoms with Crippen LogP contribution in [-0.2, 0) is 6.42 Å². The van der Waals surface area contributed by atoms with Crippen molar-refractivity contribution in [3.63, 3.8) is 0 Å². The van der Waals surface area contributed by atoms with Crippen molar-refractivity contribution in [3.8, 4) is 5.75 Å². The molecule has 138 valence electrons. The average Bonchev–Trinajstić information content (AvgIpc) is 2.69. The van der Waals surface area contributed by atoms with Gasteiger partial charge in [0, 0.05) is 32.7 Å². The average molecular weight is 354 g/mol. The number of hydrogen-bond donors (Lipinski definition) is 1. The van der Waals surface area contributed by atoms with Crippen molar-refractivity contribution >= 4 is 11.6 Å². The lowest BCUT2D eigenvalue weighted by molar-refractivity contribution is 0.0949. The summed E-state index contributed by atoms with van der Waals surface area (Å²) in [5.41, 5.74) is 2.60. The first-order valence-corrected chi connectivity index (χ1v) is 8.97. The normalized spacial score (nSPS) is 14.9. The van der Waals surface area contributed by atoms with Gasteiger partial charge in [0.2, 0.25) is 0 Å². The fourth-order valence-electron chi connectivity index (χ4n) is 3.08. The summed E-state index contributed by atoms with van der Waals surface area (Å²) in [6, 6.07) is 11.6. The molecule has 0 bridgehead atoms. The molecule has 1 aliphatic heterocycles. The quantitative estimate of drug-likeness (QED) is 0.857. The van der Waals surface area contributed by atoms with E-state index in [1.165, 1.54) is 0 Å². The van der Waals surface area contributed by atoms with Gasteiger partial charge in [0.05, 0.1) is 19.0 Å². The number of aromatic nitrogens is 1. The maximum absolute atomic E-state index is 12.3. The zero-order valence-electron chi connectivity index (χ0n) is 15.4. The number of benzene rings is 1. The van der Waals surface area contributed by atoms with Gasteiger partial charge in [0.25, 0.3) is 5.91 Å². The summed E-state index contributed by atoms with van der Waals surface area (Å²) in [7, 11) is 3.79. The van der Waals surface area contributed by atoms with Gasteiger partial charge in [-0.05, 0) is 37.2 Å². The number of nitrogens with zero attached hydrogens (tertiary/aromatic N) is 3. The maximum atomic E-state index is 12.3. The van der Waals surface area contributed by atoms with E-state index in [0.29, 0.717) is 12.2 Å². The lowest BCUT2D eigenvalue weighted by atomic mass is 10.1. The van der Waals surface area contributed by atoms with Gasteiger partial charge in [-0.3, -0.25) is 4.79 Å². The molecule has 1 aromatic heterocycles. The highest BCUT2D eigenvalue weighted by molar-refractivity contribution is 5.92. The number of hydrogen-bond acceptors (Lipinski definition) is 5. The Balaban J connectivity index is 1.52. The molecule has 3 rings (SSSR count). The first-order valence-electron chi connectivity index (χ1n) is 8.97. The van der Waals surface area contributed by atoms with Crippen LogP contribution in [0, 0.1) is 0 Å². The Kier molecular flexibility index (Phi) is 6.07. The molecule has 1 aliphatic rings. The molecule has 6 heteroatoms. The first kappa shape index (κ1) is 18.2. The minimum atomic E-state index is -0.148. The molecule has 0 aliphatic carbocycles. The fourth-order valence-corrected chi connectivity index (χ4v) is 3.08. The lowest BCUT2D eigenvalue weighted by Gasteiger charge is -2.33. The van der Waals surface area contributed by atoms with Crippen LogP contribution in [0.2, 0.25) is 0 Å². The summed E-state index contributed by atoms with van der Waals surface area (Å²) in [6.07, 6.45) is 2.51. The molecule has 0 unspecified atom stereocenters. The highest BCUT2D eigenvalue weighted by Gasteiger charge is 2.15. The van der Waals surface area contributed by atoms with Gasteiger partial charge in [-0.2, -0.15) is 0 Å². The van der Waals surface area contributed by atoms with E-state index in [2.05, 4.69) is 27.1 Å². The van der Waals surface area contributed by atoms with Gasteiger partial charge >= 0.3 is 0 Å². The number of rotatable bonds is 6. The highest BCUT2D eigenvalue weighted by atomic mass is 16.5. The van der Waals surface area contributed by atoms with Crippen LogP contribution in [0.15, 0.2) is 42.6 Å². The Morgan fingerprint density at radius 1 is 1.15 bits per heavy atom. The van der Waals surface area contributed by atoms with Gasteiger partial charge in [0.15, 0.2) is 0 Å². The third kappa shape index (κ3) is 4.52. The fraction of sp³-hybridized carbons (Fsp3) is 0.400. The predicted octanol–water partition coefficient (Wildman–Crippen LogP) is 1.81. The molecule has 6 nitrogen and oxygen atoms in total. The molecule has 2 aromatic rings. The highest BCUT2D eigenvalue weighted by Crippen LogP contribution is 2.17. The second-order valence-electron chi connectivity index (χ2n) is 6.51. The summed E-state index contributed by atoms with van der Waals surface area (Å²) in [5, 5.41) is 2.93. The van der Waals surface area contributed by atoms with E-state index >= 15 is 0 Å². The van der Waals surface area contributed by atoms with Crippen LogP contribution in [0.5, 0.6) is 5.75 Å². The summed E-state index contributed by atoms with van der Waals surface area (Å²) in [4.78, 5) is 21.2. The van der Waals surface area contributed by atoms with E-state index in [1.54, 1.807) is 19.4 Å². The molecule has 1 amide bonds. The largest absolute Gasteiger partial charge is 0.496 e. The number of methoxy groups -OCH3 is 1. The summed E-state index contributed by atoms with van der Waals surface area (Å²) in [6.45, 7) is 4.61. The number of piperazine rings is 1. The van der Waals surface area contributed by atoms with Crippen molar-refractivity contribution in [2.45, 2.75) is 6.42 Å². The Labute approximate surface area is 154 Å². The third-order valence-corrected chi connectivity index (χ3v) is 4.72. The molecular formula is C20H26N4O2. The van der Waals surface area contributed by atoms with Gasteiger partial charge in [-0.25, -0.2) is 4.98 Å². The molecule has 0 spiro atoms. The van der Waals surface area contributed by atoms with E-state index in [9.17, 15) is 4.79 Å². The second kappa shape index (κ2) is 8.67. The zero-order chi connectivity index (χ0) is 18.4. The summed E-state index contributed by atoms with van der Waals surface area (Å²) >= 11 is 0. The number of amides is 1. The molecule has 2 heterocycles. The molecule has 0 atom stereocenters. The van der Waals surface area contributed by atoms with Crippen LogP contribution >= 0.6 is 0 Å². The SMILES string of the molecule is COc1ccccc1CCNC(=O)c1ccc(N2CCN(C)CC2)cn1. The van der Waals surface area contributed by atoms with E-state index in [4.69, 9.17) is 4.74 Å². The van der Waals surface area contributed by atoms with E-state index < -0.39 is 0 Å². The van der Waals surface area contributed by atoms with Gasteiger partial charge in [-0.1, -0.05) is 18.2 Å². The van der Waals surface area contributed by atoms with E-state index in [0.717, 1.165) is 49.6 Å². The minimum Gasteiger partial charge on any atom is -0.496 e. The summed E-state index contributed by atoms with van der Waals surface area (Å²) in [5.74, 6) is 0.696. The van der Waals surface area contributed by atoms with Crippen LogP contribution in [0.25, 0.3) is 0 Å². The Morgan fingerprint density at radius 2 is 1.92 bits per heavy atom. The van der Waals surface area contributed by atoms with Gasteiger partial charge in [0.1, 0.15) is 11.4 Å². The third-order valence-electron chi connectivity index (χ3n) is 4.72. The van der Waals surface area contributed by atoms with Gasteiger partial charge < -0.3 is 19.9 Å². The predicted molar refractivity (Wildman–Crippen MR) is 103 cm³/mol. The summed E-state index contributed by atoms with van der Waals surface area (Å²) < 4.78 is 5.33. The standard InChI is InChI=1S/C20H26N4O2/c1-23-11-13-24(14-12-23)17-7-8-18(22-15-17)20(25)21-10-9-16-5-3-4-6-19(16)26-2/h3-8,15H,9-14H2,1-2H3,(H,21,25). The molecule has 0 saturated carbocycles. The Hall–Kier alpha value is -2.60. The smallest absolute Gasteiger partial charge is 0.269 e. The number of ether oxygens (including phenoxy) is 1. The molecule has 1 aromatic carbocycles. The van der Waals surface area contributed by atoms with E-state index in [-0.39, 0.29) is 5.91 Å². The number of carbonyl (C=O) groups is 1. The molecule has 1 saturated heterocycles. The topological polar surface area (TPSA) is 57.7 Å². The van der Waals surface area contributed by atoms with Crippen molar-refractivity contribution < 1.29 is 9.53 Å². The Morgan fingerprint density at radius 3 is 2.62 bits per heavy atom. The number of para-hydroxylation sites is 1. The molecule has 1 fully saturated rings. The van der Waals surface area contributed by atoms with Crippen LogP contribution in [0.1, 0.15) is 16.1 Å². The number of nitrogens with one attached hydrogen (secondary N) is 1. The molecular weight excluding hydrogens is 328 g/mol. The number of likely N-dealkylation sites (N-methyl/N-ethyl adjacent to an activating group) is 1. The monoisotopic (exact) mass is 354 g/mol. The number of anilines is 1. The molecule has 26 heavy (non-hydrogen) atoms. The first-order chi connectivity index (χ1) is 12.7. The Bertz CT molecular complexity index is 725. The van der Waals surface area contributed by atoms with Crippen LogP contribution in [0.3, 0.4) is 0 Å². The zero-order valence-corrected chi connectivity index (χ0v) is 15.4. The number of pyridine rings is 1.